The Bertz CT molecular complexity index is 646. The van der Waals surface area contributed by atoms with Crippen molar-refractivity contribution in [3.63, 3.8) is 0 Å². The third-order valence-corrected chi connectivity index (χ3v) is 4.22. The second-order valence-electron chi connectivity index (χ2n) is 6.38. The van der Waals surface area contributed by atoms with E-state index in [4.69, 9.17) is 0 Å². The highest BCUT2D eigenvalue weighted by molar-refractivity contribution is 6.00. The van der Waals surface area contributed by atoms with Gasteiger partial charge in [-0.25, -0.2) is 0 Å². The minimum Gasteiger partial charge on any atom is -0.370 e. The molecule has 1 heterocycles. The third kappa shape index (κ3) is 2.71. The molecule has 0 aromatic heterocycles. The largest absolute Gasteiger partial charge is 0.370 e. The predicted octanol–water partition coefficient (Wildman–Crippen LogP) is 3.96. The predicted molar refractivity (Wildman–Crippen MR) is 86.9 cm³/mol. The highest BCUT2D eigenvalue weighted by Gasteiger charge is 2.32. The number of carbonyl (C=O) groups excluding carboxylic acids is 1. The van der Waals surface area contributed by atoms with E-state index in [1.807, 2.05) is 44.2 Å². The van der Waals surface area contributed by atoms with Gasteiger partial charge in [-0.3, -0.25) is 4.79 Å². The van der Waals surface area contributed by atoms with Crippen LogP contribution < -0.4 is 4.90 Å². The minimum atomic E-state index is -0.390. The molecule has 2 aromatic rings. The summed E-state index contributed by atoms with van der Waals surface area (Å²) in [5.74, 6) is 0.215. The van der Waals surface area contributed by atoms with Crippen LogP contribution in [-0.2, 0) is 6.42 Å². The second kappa shape index (κ2) is 5.36. The molecule has 0 fully saturated rings. The van der Waals surface area contributed by atoms with Crippen molar-refractivity contribution in [3.8, 4) is 0 Å². The zero-order valence-electron chi connectivity index (χ0n) is 12.7. The molecule has 0 aliphatic carbocycles. The fourth-order valence-electron chi connectivity index (χ4n) is 3.10. The first-order valence-electron chi connectivity index (χ1n) is 7.51. The lowest BCUT2D eigenvalue weighted by Gasteiger charge is -2.30. The molecule has 2 aromatic carbocycles. The summed E-state index contributed by atoms with van der Waals surface area (Å²) in [7, 11) is 0. The van der Waals surface area contributed by atoms with Crippen LogP contribution in [0.15, 0.2) is 54.6 Å². The van der Waals surface area contributed by atoms with Crippen molar-refractivity contribution in [3.05, 3.63) is 65.7 Å². The smallest absolute Gasteiger partial charge is 0.170 e. The number of hydrogen-bond acceptors (Lipinski definition) is 2. The number of fused-ring (bicyclic) bond motifs is 1. The van der Waals surface area contributed by atoms with Crippen LogP contribution >= 0.6 is 0 Å². The Hall–Kier alpha value is -2.09. The van der Waals surface area contributed by atoms with Gasteiger partial charge in [-0.2, -0.15) is 0 Å². The van der Waals surface area contributed by atoms with Crippen LogP contribution in [0.5, 0.6) is 0 Å². The van der Waals surface area contributed by atoms with Crippen LogP contribution in [0.1, 0.15) is 29.8 Å². The molecule has 1 aliphatic heterocycles. The first-order chi connectivity index (χ1) is 10.1. The molecular weight excluding hydrogens is 258 g/mol. The fraction of sp³-hybridized carbons (Fsp3) is 0.316. The molecule has 0 bridgehead atoms. The molecule has 0 N–H and O–H groups in total. The van der Waals surface area contributed by atoms with Crippen molar-refractivity contribution in [1.82, 2.24) is 0 Å². The Morgan fingerprint density at radius 2 is 1.71 bits per heavy atom. The Kier molecular flexibility index (Phi) is 3.54. The molecular formula is C19H21NO. The van der Waals surface area contributed by atoms with Gasteiger partial charge < -0.3 is 4.90 Å². The maximum atomic E-state index is 12.7. The number of carbonyl (C=O) groups is 1. The SMILES string of the molecule is CC(C)(CN1CCc2ccccc21)C(=O)c1ccccc1. The maximum absolute atomic E-state index is 12.7. The van der Waals surface area contributed by atoms with E-state index in [2.05, 4.69) is 29.2 Å². The molecule has 0 saturated carbocycles. The number of hydrogen-bond donors (Lipinski definition) is 0. The standard InChI is InChI=1S/C19H21NO/c1-19(2,18(21)16-9-4-3-5-10-16)14-20-13-12-15-8-6-7-11-17(15)20/h3-11H,12-14H2,1-2H3. The third-order valence-electron chi connectivity index (χ3n) is 4.22. The monoisotopic (exact) mass is 279 g/mol. The summed E-state index contributed by atoms with van der Waals surface area (Å²) in [4.78, 5) is 15.1. The van der Waals surface area contributed by atoms with Gasteiger partial charge in [0.1, 0.15) is 0 Å². The lowest BCUT2D eigenvalue weighted by atomic mass is 9.83. The van der Waals surface area contributed by atoms with Crippen LogP contribution in [0.3, 0.4) is 0 Å². The van der Waals surface area contributed by atoms with Gasteiger partial charge in [0.25, 0.3) is 0 Å². The van der Waals surface area contributed by atoms with Gasteiger partial charge in [0.05, 0.1) is 0 Å². The summed E-state index contributed by atoms with van der Waals surface area (Å²) < 4.78 is 0. The maximum Gasteiger partial charge on any atom is 0.170 e. The topological polar surface area (TPSA) is 20.3 Å². The Balaban J connectivity index is 1.80. The van der Waals surface area contributed by atoms with Crippen LogP contribution in [0, 0.1) is 5.41 Å². The van der Waals surface area contributed by atoms with Crippen molar-refractivity contribution >= 4 is 11.5 Å². The van der Waals surface area contributed by atoms with Gasteiger partial charge in [-0.05, 0) is 18.1 Å². The van der Waals surface area contributed by atoms with Crippen LogP contribution in [-0.4, -0.2) is 18.9 Å². The Morgan fingerprint density at radius 3 is 2.48 bits per heavy atom. The van der Waals surface area contributed by atoms with E-state index in [1.165, 1.54) is 11.3 Å². The summed E-state index contributed by atoms with van der Waals surface area (Å²) in [6, 6.07) is 18.1. The molecule has 3 rings (SSSR count). The molecule has 0 spiro atoms. The molecule has 0 saturated heterocycles. The number of benzene rings is 2. The highest BCUT2D eigenvalue weighted by atomic mass is 16.1. The van der Waals surface area contributed by atoms with E-state index in [-0.39, 0.29) is 5.78 Å². The van der Waals surface area contributed by atoms with Crippen LogP contribution in [0.25, 0.3) is 0 Å². The Labute approximate surface area is 126 Å². The van der Waals surface area contributed by atoms with Crippen molar-refractivity contribution in [2.24, 2.45) is 5.41 Å². The van der Waals surface area contributed by atoms with Gasteiger partial charge in [0.2, 0.25) is 0 Å². The average Bonchev–Trinajstić information content (AvgIpc) is 2.90. The van der Waals surface area contributed by atoms with E-state index in [0.717, 1.165) is 25.1 Å². The van der Waals surface area contributed by atoms with Crippen molar-refractivity contribution < 1.29 is 4.79 Å². The van der Waals surface area contributed by atoms with Crippen LogP contribution in [0.4, 0.5) is 5.69 Å². The summed E-state index contributed by atoms with van der Waals surface area (Å²) in [6.45, 7) is 5.86. The summed E-state index contributed by atoms with van der Waals surface area (Å²) in [6.07, 6.45) is 1.08. The summed E-state index contributed by atoms with van der Waals surface area (Å²) >= 11 is 0. The number of anilines is 1. The summed E-state index contributed by atoms with van der Waals surface area (Å²) in [5, 5.41) is 0. The molecule has 1 aliphatic rings. The normalized spacial score (nSPS) is 14.1. The van der Waals surface area contributed by atoms with E-state index in [1.54, 1.807) is 0 Å². The van der Waals surface area contributed by atoms with Crippen molar-refractivity contribution in [1.29, 1.82) is 0 Å². The number of para-hydroxylation sites is 1. The second-order valence-corrected chi connectivity index (χ2v) is 6.38. The molecule has 2 nitrogen and oxygen atoms in total. The zero-order valence-corrected chi connectivity index (χ0v) is 12.7. The summed E-state index contributed by atoms with van der Waals surface area (Å²) in [5.41, 5.74) is 3.08. The first kappa shape index (κ1) is 13.9. The lowest BCUT2D eigenvalue weighted by Crippen LogP contribution is -2.38. The van der Waals surface area contributed by atoms with Gasteiger partial charge >= 0.3 is 0 Å². The minimum absolute atomic E-state index is 0.215. The van der Waals surface area contributed by atoms with Gasteiger partial charge in [-0.15, -0.1) is 0 Å². The number of rotatable bonds is 4. The van der Waals surface area contributed by atoms with E-state index in [0.29, 0.717) is 0 Å². The molecule has 21 heavy (non-hydrogen) atoms. The fourth-order valence-corrected chi connectivity index (χ4v) is 3.10. The molecule has 0 atom stereocenters. The zero-order chi connectivity index (χ0) is 14.9. The molecule has 0 amide bonds. The molecule has 2 heteroatoms. The van der Waals surface area contributed by atoms with Crippen molar-refractivity contribution in [2.75, 3.05) is 18.0 Å². The number of nitrogens with zero attached hydrogens (tertiary/aromatic N) is 1. The first-order valence-corrected chi connectivity index (χ1v) is 7.51. The molecule has 0 unspecified atom stereocenters. The Morgan fingerprint density at radius 1 is 1.05 bits per heavy atom. The quantitative estimate of drug-likeness (QED) is 0.790. The van der Waals surface area contributed by atoms with Crippen LogP contribution in [0.2, 0.25) is 0 Å². The number of Topliss-reactive ketones (excluding diaryl/α,β-unsaturated/α-hetero) is 1. The number of ketones is 1. The molecule has 0 radical (unpaired) electrons. The molecule has 108 valence electrons. The lowest BCUT2D eigenvalue weighted by molar-refractivity contribution is 0.0845. The van der Waals surface area contributed by atoms with Gasteiger partial charge in [0.15, 0.2) is 5.78 Å². The van der Waals surface area contributed by atoms with E-state index in [9.17, 15) is 4.79 Å². The van der Waals surface area contributed by atoms with Crippen molar-refractivity contribution in [2.45, 2.75) is 20.3 Å². The highest BCUT2D eigenvalue weighted by Crippen LogP contribution is 2.32. The average molecular weight is 279 g/mol. The van der Waals surface area contributed by atoms with E-state index >= 15 is 0 Å². The van der Waals surface area contributed by atoms with Gasteiger partial charge in [-0.1, -0.05) is 62.4 Å². The van der Waals surface area contributed by atoms with Gasteiger partial charge in [0, 0.05) is 29.8 Å². The van der Waals surface area contributed by atoms with E-state index < -0.39 is 5.41 Å².